The number of ether oxygens (including phenoxy) is 1. The lowest BCUT2D eigenvalue weighted by Crippen LogP contribution is -3.12. The summed E-state index contributed by atoms with van der Waals surface area (Å²) in [6.07, 6.45) is 4.65. The quantitative estimate of drug-likeness (QED) is 0.318. The Hall–Kier alpha value is -0.840. The second kappa shape index (κ2) is 6.36. The van der Waals surface area contributed by atoms with Crippen molar-refractivity contribution in [3.63, 3.8) is 0 Å². The lowest BCUT2D eigenvalue weighted by atomic mass is 10.1. The minimum absolute atomic E-state index is 0. The SMILES string of the molecule is C/C=C(\C)C(=O)OC1CC[NH+]2CC=C(CO)C12.[Cl-]. The summed E-state index contributed by atoms with van der Waals surface area (Å²) in [6.45, 7) is 5.62. The zero-order valence-corrected chi connectivity index (χ0v) is 11.5. The summed E-state index contributed by atoms with van der Waals surface area (Å²) in [7, 11) is 0. The van der Waals surface area contributed by atoms with E-state index in [2.05, 4.69) is 6.08 Å². The number of esters is 1. The number of carbonyl (C=O) groups excluding carboxylic acids is 1. The summed E-state index contributed by atoms with van der Waals surface area (Å²) in [5, 5.41) is 9.29. The normalized spacial score (nSPS) is 30.5. The van der Waals surface area contributed by atoms with Gasteiger partial charge >= 0.3 is 5.97 Å². The maximum Gasteiger partial charge on any atom is 0.333 e. The van der Waals surface area contributed by atoms with Crippen LogP contribution < -0.4 is 17.3 Å². The van der Waals surface area contributed by atoms with Gasteiger partial charge in [0.2, 0.25) is 0 Å². The van der Waals surface area contributed by atoms with Crippen molar-refractivity contribution >= 4 is 5.97 Å². The summed E-state index contributed by atoms with van der Waals surface area (Å²) in [4.78, 5) is 13.1. The number of hydrogen-bond acceptors (Lipinski definition) is 3. The molecular weight excluding hydrogens is 254 g/mol. The lowest BCUT2D eigenvalue weighted by Gasteiger charge is -2.20. The van der Waals surface area contributed by atoms with Crippen LogP contribution in [0.2, 0.25) is 0 Å². The van der Waals surface area contributed by atoms with Crippen LogP contribution in [0.4, 0.5) is 0 Å². The Morgan fingerprint density at radius 3 is 3.00 bits per heavy atom. The Balaban J connectivity index is 0.00000162. The Bertz CT molecular complexity index is 378. The van der Waals surface area contributed by atoms with Gasteiger partial charge in [0, 0.05) is 17.6 Å². The average Bonchev–Trinajstić information content (AvgIpc) is 2.90. The van der Waals surface area contributed by atoms with Gasteiger partial charge in [-0.3, -0.25) is 0 Å². The Kier molecular flexibility index (Phi) is 5.38. The Morgan fingerprint density at radius 2 is 2.39 bits per heavy atom. The largest absolute Gasteiger partial charge is 1.00 e. The fraction of sp³-hybridized carbons (Fsp3) is 0.615. The molecule has 2 heterocycles. The number of quaternary nitrogens is 1. The number of allylic oxidation sites excluding steroid dienone is 1. The van der Waals surface area contributed by atoms with Crippen LogP contribution in [0.1, 0.15) is 20.3 Å². The highest BCUT2D eigenvalue weighted by atomic mass is 35.5. The first-order valence-corrected chi connectivity index (χ1v) is 6.15. The predicted octanol–water partition coefficient (Wildman–Crippen LogP) is -3.54. The summed E-state index contributed by atoms with van der Waals surface area (Å²) in [5.74, 6) is -0.233. The van der Waals surface area contributed by atoms with Crippen LogP contribution in [0.15, 0.2) is 23.3 Å². The summed E-state index contributed by atoms with van der Waals surface area (Å²) in [6, 6.07) is 0.175. The molecule has 3 unspecified atom stereocenters. The van der Waals surface area contributed by atoms with E-state index in [-0.39, 0.29) is 37.1 Å². The second-order valence-electron chi connectivity index (χ2n) is 4.73. The molecule has 0 aromatic rings. The minimum Gasteiger partial charge on any atom is -1.00 e. The third kappa shape index (κ3) is 2.76. The monoisotopic (exact) mass is 273 g/mol. The maximum atomic E-state index is 11.7. The standard InChI is InChI=1S/C13H19NO3.ClH/c1-3-9(2)13(16)17-11-5-7-14-6-4-10(8-15)12(11)14;/h3-4,11-12,15H,5-8H2,1-2H3;1H/b9-3+;. The van der Waals surface area contributed by atoms with E-state index >= 15 is 0 Å². The van der Waals surface area contributed by atoms with Gasteiger partial charge in [-0.25, -0.2) is 4.79 Å². The molecule has 0 saturated carbocycles. The maximum absolute atomic E-state index is 11.7. The summed E-state index contributed by atoms with van der Waals surface area (Å²) >= 11 is 0. The fourth-order valence-electron chi connectivity index (χ4n) is 2.67. The molecule has 2 aliphatic heterocycles. The number of rotatable bonds is 3. The Labute approximate surface area is 114 Å². The van der Waals surface area contributed by atoms with Crippen LogP contribution in [0.25, 0.3) is 0 Å². The molecule has 0 radical (unpaired) electrons. The van der Waals surface area contributed by atoms with Crippen molar-refractivity contribution in [2.45, 2.75) is 32.4 Å². The molecule has 102 valence electrons. The van der Waals surface area contributed by atoms with Gasteiger partial charge in [0.15, 0.2) is 6.10 Å². The number of hydrogen-bond donors (Lipinski definition) is 2. The van der Waals surface area contributed by atoms with E-state index in [0.717, 1.165) is 25.1 Å². The van der Waals surface area contributed by atoms with Crippen molar-refractivity contribution in [3.8, 4) is 0 Å². The third-order valence-electron chi connectivity index (χ3n) is 3.78. The molecule has 1 saturated heterocycles. The van der Waals surface area contributed by atoms with E-state index in [1.807, 2.05) is 6.92 Å². The predicted molar refractivity (Wildman–Crippen MR) is 63.6 cm³/mol. The van der Waals surface area contributed by atoms with Gasteiger partial charge in [-0.2, -0.15) is 0 Å². The molecule has 4 nitrogen and oxygen atoms in total. The van der Waals surface area contributed by atoms with E-state index in [0.29, 0.717) is 5.57 Å². The van der Waals surface area contributed by atoms with Crippen LogP contribution in [-0.2, 0) is 9.53 Å². The molecular formula is C13H20ClNO3. The molecule has 0 amide bonds. The molecule has 2 rings (SSSR count). The molecule has 0 spiro atoms. The Morgan fingerprint density at radius 1 is 1.67 bits per heavy atom. The van der Waals surface area contributed by atoms with Crippen LogP contribution in [0, 0.1) is 0 Å². The van der Waals surface area contributed by atoms with E-state index in [1.54, 1.807) is 13.0 Å². The molecule has 1 fully saturated rings. The third-order valence-corrected chi connectivity index (χ3v) is 3.78. The second-order valence-corrected chi connectivity index (χ2v) is 4.73. The number of aliphatic hydroxyl groups excluding tert-OH is 1. The van der Waals surface area contributed by atoms with E-state index in [9.17, 15) is 9.90 Å². The smallest absolute Gasteiger partial charge is 0.333 e. The summed E-state index contributed by atoms with van der Waals surface area (Å²) in [5.41, 5.74) is 1.67. The van der Waals surface area contributed by atoms with E-state index in [4.69, 9.17) is 4.74 Å². The fourth-order valence-corrected chi connectivity index (χ4v) is 2.67. The number of halogens is 1. The van der Waals surface area contributed by atoms with Crippen LogP contribution >= 0.6 is 0 Å². The zero-order chi connectivity index (χ0) is 12.4. The number of fused-ring (bicyclic) bond motifs is 1. The van der Waals surface area contributed by atoms with E-state index in [1.165, 1.54) is 4.90 Å². The van der Waals surface area contributed by atoms with Gasteiger partial charge in [-0.1, -0.05) is 6.08 Å². The van der Waals surface area contributed by atoms with Crippen molar-refractivity contribution in [3.05, 3.63) is 23.3 Å². The van der Waals surface area contributed by atoms with Crippen LogP contribution in [-0.4, -0.2) is 42.9 Å². The molecule has 2 N–H and O–H groups in total. The first-order valence-electron chi connectivity index (χ1n) is 6.15. The van der Waals surface area contributed by atoms with Crippen molar-refractivity contribution in [2.75, 3.05) is 19.7 Å². The van der Waals surface area contributed by atoms with Gasteiger partial charge in [-0.15, -0.1) is 0 Å². The highest BCUT2D eigenvalue weighted by molar-refractivity contribution is 5.87. The highest BCUT2D eigenvalue weighted by Gasteiger charge is 2.45. The zero-order valence-electron chi connectivity index (χ0n) is 10.8. The average molecular weight is 274 g/mol. The molecule has 5 heteroatoms. The molecule has 3 atom stereocenters. The number of carbonyl (C=O) groups is 1. The first kappa shape index (κ1) is 15.2. The number of nitrogens with one attached hydrogen (secondary N) is 1. The van der Waals surface area contributed by atoms with Gasteiger partial charge in [0.25, 0.3) is 0 Å². The van der Waals surface area contributed by atoms with Gasteiger partial charge in [0.1, 0.15) is 6.04 Å². The molecule has 0 aromatic heterocycles. The van der Waals surface area contributed by atoms with Gasteiger partial charge < -0.3 is 27.2 Å². The van der Waals surface area contributed by atoms with Crippen molar-refractivity contribution < 1.29 is 31.9 Å². The lowest BCUT2D eigenvalue weighted by molar-refractivity contribution is -0.896. The molecule has 0 aliphatic carbocycles. The summed E-state index contributed by atoms with van der Waals surface area (Å²) < 4.78 is 5.53. The van der Waals surface area contributed by atoms with Crippen LogP contribution in [0.3, 0.4) is 0 Å². The molecule has 2 aliphatic rings. The minimum atomic E-state index is -0.233. The van der Waals surface area contributed by atoms with Crippen LogP contribution in [0.5, 0.6) is 0 Å². The van der Waals surface area contributed by atoms with Gasteiger partial charge in [-0.05, 0) is 19.9 Å². The number of aliphatic hydroxyl groups is 1. The van der Waals surface area contributed by atoms with Crippen molar-refractivity contribution in [1.82, 2.24) is 0 Å². The van der Waals surface area contributed by atoms with Crippen molar-refractivity contribution in [2.24, 2.45) is 0 Å². The van der Waals surface area contributed by atoms with Crippen molar-refractivity contribution in [1.29, 1.82) is 0 Å². The highest BCUT2D eigenvalue weighted by Crippen LogP contribution is 2.19. The van der Waals surface area contributed by atoms with E-state index < -0.39 is 0 Å². The first-order chi connectivity index (χ1) is 8.17. The molecule has 0 aromatic carbocycles. The molecule has 18 heavy (non-hydrogen) atoms. The van der Waals surface area contributed by atoms with Gasteiger partial charge in [0.05, 0.1) is 19.7 Å². The topological polar surface area (TPSA) is 51.0 Å². The molecule has 0 bridgehead atoms.